The zero-order valence-electron chi connectivity index (χ0n) is 11.5. The molecule has 1 aliphatic carbocycles. The average molecular weight is 270 g/mol. The fraction of sp³-hybridized carbons (Fsp3) is 0.846. The van der Waals surface area contributed by atoms with Crippen LogP contribution in [0.1, 0.15) is 26.7 Å². The van der Waals surface area contributed by atoms with E-state index in [1.807, 2.05) is 13.8 Å². The van der Waals surface area contributed by atoms with Crippen molar-refractivity contribution >= 4 is 12.0 Å². The van der Waals surface area contributed by atoms with Crippen LogP contribution in [0.15, 0.2) is 0 Å². The third-order valence-corrected chi connectivity index (χ3v) is 3.46. The smallest absolute Gasteiger partial charge is 0.323 e. The van der Waals surface area contributed by atoms with Gasteiger partial charge < -0.3 is 19.6 Å². The third-order valence-electron chi connectivity index (χ3n) is 3.46. The van der Waals surface area contributed by atoms with Crippen molar-refractivity contribution in [3.63, 3.8) is 0 Å². The normalized spacial score (nSPS) is 27.2. The van der Waals surface area contributed by atoms with Crippen LogP contribution < -0.4 is 0 Å². The lowest BCUT2D eigenvalue weighted by molar-refractivity contribution is -0.138. The van der Waals surface area contributed by atoms with Crippen molar-refractivity contribution in [1.29, 1.82) is 0 Å². The number of carbonyl (C=O) groups excluding carboxylic acids is 1. The lowest BCUT2D eigenvalue weighted by Crippen LogP contribution is -2.54. The van der Waals surface area contributed by atoms with Crippen LogP contribution in [0.25, 0.3) is 0 Å². The number of nitrogens with zero attached hydrogens (tertiary/aromatic N) is 2. The highest BCUT2D eigenvalue weighted by molar-refractivity contribution is 5.80. The summed E-state index contributed by atoms with van der Waals surface area (Å²) in [6, 6.07) is -0.170. The minimum atomic E-state index is -0.955. The van der Waals surface area contributed by atoms with Gasteiger partial charge in [0.2, 0.25) is 0 Å². The van der Waals surface area contributed by atoms with E-state index in [1.165, 1.54) is 4.90 Å². The van der Waals surface area contributed by atoms with E-state index < -0.39 is 5.97 Å². The van der Waals surface area contributed by atoms with Gasteiger partial charge in [0, 0.05) is 19.6 Å². The summed E-state index contributed by atoms with van der Waals surface area (Å²) in [6.45, 7) is 5.27. The first-order chi connectivity index (χ1) is 8.95. The molecule has 0 radical (unpaired) electrons. The SMILES string of the molecule is CC1CN(C(=O)N(CC(=O)O)CC2CC2)CC(C)O1. The largest absolute Gasteiger partial charge is 0.480 e. The molecule has 2 amide bonds. The van der Waals surface area contributed by atoms with Gasteiger partial charge in [-0.15, -0.1) is 0 Å². The van der Waals surface area contributed by atoms with E-state index in [9.17, 15) is 9.59 Å². The highest BCUT2D eigenvalue weighted by Gasteiger charge is 2.33. The number of amides is 2. The summed E-state index contributed by atoms with van der Waals surface area (Å²) in [7, 11) is 0. The molecule has 0 bridgehead atoms. The average Bonchev–Trinajstić information content (AvgIpc) is 3.09. The Morgan fingerprint density at radius 2 is 1.84 bits per heavy atom. The molecule has 6 nitrogen and oxygen atoms in total. The Kier molecular flexibility index (Phi) is 4.29. The molecule has 2 fully saturated rings. The molecular weight excluding hydrogens is 248 g/mol. The van der Waals surface area contributed by atoms with Gasteiger partial charge in [0.15, 0.2) is 0 Å². The van der Waals surface area contributed by atoms with Crippen LogP contribution in [0.2, 0.25) is 0 Å². The van der Waals surface area contributed by atoms with Gasteiger partial charge in [-0.3, -0.25) is 4.79 Å². The first kappa shape index (κ1) is 14.1. The second kappa shape index (κ2) is 5.77. The van der Waals surface area contributed by atoms with E-state index in [4.69, 9.17) is 9.84 Å². The van der Waals surface area contributed by atoms with Crippen LogP contribution in [0, 0.1) is 5.92 Å². The molecule has 1 aliphatic heterocycles. The number of urea groups is 1. The second-order valence-corrected chi connectivity index (χ2v) is 5.66. The fourth-order valence-corrected chi connectivity index (χ4v) is 2.52. The van der Waals surface area contributed by atoms with Crippen molar-refractivity contribution in [2.24, 2.45) is 5.92 Å². The molecule has 0 aromatic heterocycles. The van der Waals surface area contributed by atoms with E-state index in [2.05, 4.69) is 0 Å². The number of morpholine rings is 1. The molecule has 2 atom stereocenters. The summed E-state index contributed by atoms with van der Waals surface area (Å²) >= 11 is 0. The maximum absolute atomic E-state index is 12.4. The Morgan fingerprint density at radius 1 is 1.26 bits per heavy atom. The number of carbonyl (C=O) groups is 2. The minimum Gasteiger partial charge on any atom is -0.480 e. The molecule has 19 heavy (non-hydrogen) atoms. The van der Waals surface area contributed by atoms with E-state index in [-0.39, 0.29) is 24.8 Å². The van der Waals surface area contributed by atoms with Crippen LogP contribution in [0.3, 0.4) is 0 Å². The van der Waals surface area contributed by atoms with Gasteiger partial charge in [0.1, 0.15) is 6.54 Å². The first-order valence-corrected chi connectivity index (χ1v) is 6.86. The van der Waals surface area contributed by atoms with Crippen molar-refractivity contribution in [3.8, 4) is 0 Å². The lowest BCUT2D eigenvalue weighted by atomic mass is 10.2. The predicted octanol–water partition coefficient (Wildman–Crippen LogP) is 1.01. The zero-order chi connectivity index (χ0) is 14.0. The summed E-state index contributed by atoms with van der Waals surface area (Å²) in [4.78, 5) is 26.5. The summed E-state index contributed by atoms with van der Waals surface area (Å²) in [5, 5.41) is 8.93. The van der Waals surface area contributed by atoms with E-state index >= 15 is 0 Å². The number of hydrogen-bond acceptors (Lipinski definition) is 3. The summed E-state index contributed by atoms with van der Waals surface area (Å²) in [5.74, 6) is -0.470. The zero-order valence-corrected chi connectivity index (χ0v) is 11.5. The molecule has 1 saturated heterocycles. The van der Waals surface area contributed by atoms with E-state index in [1.54, 1.807) is 4.90 Å². The summed E-state index contributed by atoms with van der Waals surface area (Å²) in [5.41, 5.74) is 0. The summed E-state index contributed by atoms with van der Waals surface area (Å²) in [6.07, 6.45) is 2.19. The number of rotatable bonds is 4. The molecule has 1 heterocycles. The van der Waals surface area contributed by atoms with Crippen LogP contribution in [-0.4, -0.2) is 65.3 Å². The number of carboxylic acids is 1. The molecule has 2 unspecified atom stereocenters. The van der Waals surface area contributed by atoms with Crippen molar-refractivity contribution in [2.45, 2.75) is 38.9 Å². The van der Waals surface area contributed by atoms with Crippen LogP contribution >= 0.6 is 0 Å². The van der Waals surface area contributed by atoms with Gasteiger partial charge in [-0.1, -0.05) is 0 Å². The van der Waals surface area contributed by atoms with E-state index in [0.717, 1.165) is 12.8 Å². The standard InChI is InChI=1S/C13H22N2O4/c1-9-5-14(6-10(2)19-9)13(18)15(8-12(16)17)7-11-3-4-11/h9-11H,3-8H2,1-2H3,(H,16,17). The van der Waals surface area contributed by atoms with Gasteiger partial charge in [0.25, 0.3) is 0 Å². The Bertz CT molecular complexity index is 347. The number of carboxylic acid groups (broad SMARTS) is 1. The molecule has 2 aliphatic rings. The third kappa shape index (κ3) is 4.09. The van der Waals surface area contributed by atoms with Gasteiger partial charge in [-0.2, -0.15) is 0 Å². The Labute approximate surface area is 113 Å². The second-order valence-electron chi connectivity index (χ2n) is 5.66. The van der Waals surface area contributed by atoms with E-state index in [0.29, 0.717) is 25.6 Å². The molecule has 0 spiro atoms. The Hall–Kier alpha value is -1.30. The number of aliphatic carboxylic acids is 1. The molecule has 108 valence electrons. The lowest BCUT2D eigenvalue weighted by Gasteiger charge is -2.38. The highest BCUT2D eigenvalue weighted by atomic mass is 16.5. The molecule has 0 aromatic rings. The maximum Gasteiger partial charge on any atom is 0.323 e. The number of hydrogen-bond donors (Lipinski definition) is 1. The van der Waals surface area contributed by atoms with Gasteiger partial charge >= 0.3 is 12.0 Å². The van der Waals surface area contributed by atoms with Gasteiger partial charge in [-0.25, -0.2) is 4.79 Å². The predicted molar refractivity (Wildman–Crippen MR) is 68.9 cm³/mol. The minimum absolute atomic E-state index is 0.000281. The quantitative estimate of drug-likeness (QED) is 0.827. The summed E-state index contributed by atoms with van der Waals surface area (Å²) < 4.78 is 5.59. The Morgan fingerprint density at radius 3 is 2.32 bits per heavy atom. The van der Waals surface area contributed by atoms with Crippen molar-refractivity contribution in [1.82, 2.24) is 9.80 Å². The molecule has 6 heteroatoms. The topological polar surface area (TPSA) is 70.1 Å². The molecular formula is C13H22N2O4. The Balaban J connectivity index is 1.98. The van der Waals surface area contributed by atoms with Crippen molar-refractivity contribution < 1.29 is 19.4 Å². The monoisotopic (exact) mass is 270 g/mol. The van der Waals surface area contributed by atoms with Crippen molar-refractivity contribution in [3.05, 3.63) is 0 Å². The van der Waals surface area contributed by atoms with Crippen LogP contribution in [0.5, 0.6) is 0 Å². The maximum atomic E-state index is 12.4. The van der Waals surface area contributed by atoms with Crippen LogP contribution in [-0.2, 0) is 9.53 Å². The van der Waals surface area contributed by atoms with Gasteiger partial charge in [-0.05, 0) is 32.6 Å². The molecule has 1 N–H and O–H groups in total. The fourth-order valence-electron chi connectivity index (χ4n) is 2.52. The highest BCUT2D eigenvalue weighted by Crippen LogP contribution is 2.30. The molecule has 2 rings (SSSR count). The number of ether oxygens (including phenoxy) is 1. The first-order valence-electron chi connectivity index (χ1n) is 6.86. The van der Waals surface area contributed by atoms with Crippen molar-refractivity contribution in [2.75, 3.05) is 26.2 Å². The van der Waals surface area contributed by atoms with Gasteiger partial charge in [0.05, 0.1) is 12.2 Å². The van der Waals surface area contributed by atoms with Crippen LogP contribution in [0.4, 0.5) is 4.79 Å². The molecule has 0 aromatic carbocycles. The molecule has 1 saturated carbocycles.